The van der Waals surface area contributed by atoms with Gasteiger partial charge >= 0.3 is 0 Å². The van der Waals surface area contributed by atoms with Crippen LogP contribution in [0.15, 0.2) is 35.4 Å². The first-order valence-electron chi connectivity index (χ1n) is 6.28. The van der Waals surface area contributed by atoms with E-state index in [1.807, 2.05) is 30.3 Å². The van der Waals surface area contributed by atoms with Crippen LogP contribution in [0.5, 0.6) is 0 Å². The number of hydrogen-bond donors (Lipinski definition) is 5. The van der Waals surface area contributed by atoms with Crippen LogP contribution in [0.3, 0.4) is 0 Å². The zero-order chi connectivity index (χ0) is 14.7. The van der Waals surface area contributed by atoms with E-state index in [9.17, 15) is 20.4 Å². The molecule has 2 rings (SSSR count). The summed E-state index contributed by atoms with van der Waals surface area (Å²) in [6, 6.07) is 9.45. The van der Waals surface area contributed by atoms with Crippen molar-refractivity contribution in [3.05, 3.63) is 35.9 Å². The Hall–Kier alpha value is -1.12. The summed E-state index contributed by atoms with van der Waals surface area (Å²) < 4.78 is 0. The molecule has 0 aromatic heterocycles. The molecule has 1 aromatic carbocycles. The van der Waals surface area contributed by atoms with E-state index in [2.05, 4.69) is 10.5 Å². The van der Waals surface area contributed by atoms with Crippen molar-refractivity contribution in [2.24, 2.45) is 5.10 Å². The molecular formula is C13H18N2O4S. The Morgan fingerprint density at radius 1 is 1.10 bits per heavy atom. The Labute approximate surface area is 121 Å². The van der Waals surface area contributed by atoms with Crippen LogP contribution in [0.4, 0.5) is 0 Å². The van der Waals surface area contributed by atoms with Crippen molar-refractivity contribution in [1.29, 1.82) is 0 Å². The van der Waals surface area contributed by atoms with Gasteiger partial charge in [0.05, 0.1) is 6.10 Å². The van der Waals surface area contributed by atoms with Gasteiger partial charge in [0.25, 0.3) is 0 Å². The molecule has 1 aliphatic rings. The molecule has 0 saturated heterocycles. The number of aliphatic hydroxyl groups excluding tert-OH is 4. The van der Waals surface area contributed by atoms with Gasteiger partial charge in [-0.2, -0.15) is 5.10 Å². The van der Waals surface area contributed by atoms with Crippen LogP contribution >= 0.6 is 11.8 Å². The molecule has 0 saturated carbocycles. The minimum atomic E-state index is -1.45. The van der Waals surface area contributed by atoms with Gasteiger partial charge in [0.1, 0.15) is 28.7 Å². The molecule has 0 bridgehead atoms. The van der Waals surface area contributed by atoms with Gasteiger partial charge in [0, 0.05) is 5.56 Å². The molecule has 0 fully saturated rings. The lowest BCUT2D eigenvalue weighted by atomic mass is 10.0. The zero-order valence-corrected chi connectivity index (χ0v) is 11.7. The summed E-state index contributed by atoms with van der Waals surface area (Å²) in [6.07, 6.45) is -5.24. The molecule has 0 amide bonds. The van der Waals surface area contributed by atoms with Crippen molar-refractivity contribution in [3.8, 4) is 0 Å². The predicted octanol–water partition coefficient (Wildman–Crippen LogP) is -0.526. The smallest absolute Gasteiger partial charge is 0.125 e. The maximum absolute atomic E-state index is 10.0. The summed E-state index contributed by atoms with van der Waals surface area (Å²) in [5.41, 5.74) is 3.64. The first-order valence-corrected chi connectivity index (χ1v) is 7.16. The van der Waals surface area contributed by atoms with Crippen LogP contribution in [-0.2, 0) is 0 Å². The van der Waals surface area contributed by atoms with E-state index in [0.717, 1.165) is 5.56 Å². The Bertz CT molecular complexity index is 469. The fraction of sp³-hybridized carbons (Fsp3) is 0.462. The molecule has 6 nitrogen and oxygen atoms in total. The summed E-state index contributed by atoms with van der Waals surface area (Å²) in [5.74, 6) is 0. The minimum absolute atomic E-state index is 0.575. The third kappa shape index (κ3) is 3.31. The summed E-state index contributed by atoms with van der Waals surface area (Å²) >= 11 is 1.27. The second kappa shape index (κ2) is 6.55. The monoisotopic (exact) mass is 298 g/mol. The lowest BCUT2D eigenvalue weighted by molar-refractivity contribution is -0.101. The van der Waals surface area contributed by atoms with Gasteiger partial charge in [0.2, 0.25) is 0 Å². The van der Waals surface area contributed by atoms with Gasteiger partial charge in [-0.1, -0.05) is 42.1 Å². The molecule has 0 aliphatic carbocycles. The summed E-state index contributed by atoms with van der Waals surface area (Å²) in [6.45, 7) is 1.35. The summed E-state index contributed by atoms with van der Waals surface area (Å²) in [5, 5.41) is 42.9. The lowest BCUT2D eigenvalue weighted by Gasteiger charge is -2.27. The number of rotatable bonds is 5. The average molecular weight is 298 g/mol. The normalized spacial score (nSPS) is 24.4. The van der Waals surface area contributed by atoms with E-state index in [4.69, 9.17) is 0 Å². The Kier molecular flexibility index (Phi) is 5.00. The van der Waals surface area contributed by atoms with E-state index < -0.39 is 29.8 Å². The molecule has 5 N–H and O–H groups in total. The van der Waals surface area contributed by atoms with Crippen LogP contribution in [-0.4, -0.2) is 55.3 Å². The highest BCUT2D eigenvalue weighted by atomic mass is 32.2. The third-order valence-electron chi connectivity index (χ3n) is 3.06. The minimum Gasteiger partial charge on any atom is -0.391 e. The van der Waals surface area contributed by atoms with Gasteiger partial charge in [-0.05, 0) is 6.92 Å². The first-order chi connectivity index (χ1) is 9.50. The van der Waals surface area contributed by atoms with Crippen molar-refractivity contribution >= 4 is 16.8 Å². The van der Waals surface area contributed by atoms with E-state index in [1.165, 1.54) is 18.7 Å². The Morgan fingerprint density at radius 2 is 1.75 bits per heavy atom. The molecule has 0 radical (unpaired) electrons. The van der Waals surface area contributed by atoms with Crippen molar-refractivity contribution in [3.63, 3.8) is 0 Å². The van der Waals surface area contributed by atoms with E-state index in [-0.39, 0.29) is 0 Å². The SMILES string of the molecule is CC(O)C(O)C(O)C(O)C1NN=C(c2ccccc2)S1. The second-order valence-corrected chi connectivity index (χ2v) is 5.79. The van der Waals surface area contributed by atoms with E-state index in [0.29, 0.717) is 5.04 Å². The zero-order valence-electron chi connectivity index (χ0n) is 10.9. The third-order valence-corrected chi connectivity index (χ3v) is 4.25. The fourth-order valence-corrected chi connectivity index (χ4v) is 2.85. The van der Waals surface area contributed by atoms with Crippen LogP contribution in [0.2, 0.25) is 0 Å². The summed E-state index contributed by atoms with van der Waals surface area (Å²) in [7, 11) is 0. The average Bonchev–Trinajstić information content (AvgIpc) is 2.95. The number of nitrogens with zero attached hydrogens (tertiary/aromatic N) is 1. The highest BCUT2D eigenvalue weighted by molar-refractivity contribution is 8.15. The molecular weight excluding hydrogens is 280 g/mol. The second-order valence-electron chi connectivity index (χ2n) is 4.66. The summed E-state index contributed by atoms with van der Waals surface area (Å²) in [4.78, 5) is 0. The Morgan fingerprint density at radius 3 is 2.35 bits per heavy atom. The van der Waals surface area contributed by atoms with E-state index >= 15 is 0 Å². The molecule has 7 heteroatoms. The number of aliphatic hydroxyl groups is 4. The number of thioether (sulfide) groups is 1. The van der Waals surface area contributed by atoms with Gasteiger partial charge in [-0.25, -0.2) is 0 Å². The van der Waals surface area contributed by atoms with Crippen molar-refractivity contribution in [1.82, 2.24) is 5.43 Å². The van der Waals surface area contributed by atoms with Gasteiger partial charge < -0.3 is 20.4 Å². The number of hydrazone groups is 1. The van der Waals surface area contributed by atoms with Crippen LogP contribution in [0, 0.1) is 0 Å². The quantitative estimate of drug-likeness (QED) is 0.501. The Balaban J connectivity index is 1.97. The molecule has 5 atom stereocenters. The van der Waals surface area contributed by atoms with Crippen molar-refractivity contribution in [2.45, 2.75) is 36.7 Å². The highest BCUT2D eigenvalue weighted by Crippen LogP contribution is 2.26. The molecule has 5 unspecified atom stereocenters. The molecule has 110 valence electrons. The standard InChI is InChI=1S/C13H18N2O4S/c1-7(16)9(17)10(18)11(19)13-15-14-12(20-13)8-5-3-2-4-6-8/h2-7,9-11,13,15-19H,1H3. The maximum atomic E-state index is 10.0. The van der Waals surface area contributed by atoms with Gasteiger partial charge in [-0.3, -0.25) is 5.43 Å². The predicted molar refractivity (Wildman–Crippen MR) is 77.2 cm³/mol. The van der Waals surface area contributed by atoms with Crippen LogP contribution < -0.4 is 5.43 Å². The van der Waals surface area contributed by atoms with Gasteiger partial charge in [-0.15, -0.1) is 0 Å². The molecule has 1 aliphatic heterocycles. The fourth-order valence-electron chi connectivity index (χ4n) is 1.82. The first kappa shape index (κ1) is 15.3. The number of hydrogen-bond acceptors (Lipinski definition) is 7. The lowest BCUT2D eigenvalue weighted by Crippen LogP contribution is -2.49. The van der Waals surface area contributed by atoms with Crippen molar-refractivity contribution in [2.75, 3.05) is 0 Å². The van der Waals surface area contributed by atoms with Crippen molar-refractivity contribution < 1.29 is 20.4 Å². The molecule has 20 heavy (non-hydrogen) atoms. The van der Waals surface area contributed by atoms with E-state index in [1.54, 1.807) is 0 Å². The maximum Gasteiger partial charge on any atom is 0.125 e. The highest BCUT2D eigenvalue weighted by Gasteiger charge is 2.36. The molecule has 1 heterocycles. The van der Waals surface area contributed by atoms with Crippen LogP contribution in [0.1, 0.15) is 12.5 Å². The number of benzene rings is 1. The molecule has 0 spiro atoms. The van der Waals surface area contributed by atoms with Crippen LogP contribution in [0.25, 0.3) is 0 Å². The largest absolute Gasteiger partial charge is 0.391 e. The topological polar surface area (TPSA) is 105 Å². The number of nitrogens with one attached hydrogen (secondary N) is 1. The van der Waals surface area contributed by atoms with Gasteiger partial charge in [0.15, 0.2) is 0 Å². The molecule has 1 aromatic rings.